The number of thioether (sulfide) groups is 1. The average Bonchev–Trinajstić information content (AvgIpc) is 3.03. The summed E-state index contributed by atoms with van der Waals surface area (Å²) in [6, 6.07) is 0.594. The van der Waals surface area contributed by atoms with Crippen molar-refractivity contribution in [3.05, 3.63) is 0 Å². The van der Waals surface area contributed by atoms with Gasteiger partial charge in [-0.25, -0.2) is 0 Å². The Labute approximate surface area is 107 Å². The first-order chi connectivity index (χ1) is 8.18. The molecule has 96 valence electrons. The lowest BCUT2D eigenvalue weighted by Crippen LogP contribution is -2.48. The zero-order valence-corrected chi connectivity index (χ0v) is 11.3. The number of carbonyl (C=O) groups is 1. The Morgan fingerprint density at radius 2 is 2.06 bits per heavy atom. The van der Waals surface area contributed by atoms with Gasteiger partial charge in [-0.2, -0.15) is 11.8 Å². The first-order valence-electron chi connectivity index (χ1n) is 6.78. The van der Waals surface area contributed by atoms with E-state index in [0.29, 0.717) is 23.8 Å². The molecule has 0 radical (unpaired) electrons. The third-order valence-electron chi connectivity index (χ3n) is 5.07. The van der Waals surface area contributed by atoms with Gasteiger partial charge >= 0.3 is 0 Å². The van der Waals surface area contributed by atoms with Gasteiger partial charge in [0.2, 0.25) is 5.91 Å². The van der Waals surface area contributed by atoms with Crippen LogP contribution in [0.5, 0.6) is 0 Å². The van der Waals surface area contributed by atoms with Crippen LogP contribution in [0.2, 0.25) is 0 Å². The summed E-state index contributed by atoms with van der Waals surface area (Å²) in [6.07, 6.45) is 4.83. The summed E-state index contributed by atoms with van der Waals surface area (Å²) < 4.78 is 0. The van der Waals surface area contributed by atoms with Gasteiger partial charge in [0.15, 0.2) is 0 Å². The largest absolute Gasteiger partial charge is 0.342 e. The molecule has 0 spiro atoms. The number of hydrogen-bond acceptors (Lipinski definition) is 3. The summed E-state index contributed by atoms with van der Waals surface area (Å²) in [6.45, 7) is 0. The highest BCUT2D eigenvalue weighted by atomic mass is 32.2. The number of nitrogens with zero attached hydrogens (tertiary/aromatic N) is 1. The maximum absolute atomic E-state index is 12.6. The van der Waals surface area contributed by atoms with Crippen molar-refractivity contribution in [2.75, 3.05) is 18.6 Å². The van der Waals surface area contributed by atoms with Gasteiger partial charge < -0.3 is 10.6 Å². The minimum atomic E-state index is 0.129. The minimum Gasteiger partial charge on any atom is -0.342 e. The molecule has 3 fully saturated rings. The van der Waals surface area contributed by atoms with Crippen molar-refractivity contribution in [1.82, 2.24) is 4.90 Å². The van der Waals surface area contributed by atoms with Crippen LogP contribution in [0.4, 0.5) is 0 Å². The zero-order valence-electron chi connectivity index (χ0n) is 10.5. The number of carbonyl (C=O) groups excluding carboxylic acids is 1. The van der Waals surface area contributed by atoms with E-state index < -0.39 is 0 Å². The lowest BCUT2D eigenvalue weighted by Gasteiger charge is -2.33. The molecule has 4 heteroatoms. The van der Waals surface area contributed by atoms with Crippen molar-refractivity contribution >= 4 is 17.7 Å². The molecule has 5 unspecified atom stereocenters. The molecule has 0 aromatic heterocycles. The van der Waals surface area contributed by atoms with Crippen molar-refractivity contribution in [2.45, 2.75) is 37.8 Å². The van der Waals surface area contributed by atoms with Gasteiger partial charge in [-0.15, -0.1) is 0 Å². The molecule has 1 saturated heterocycles. The number of fused-ring (bicyclic) bond motifs is 2. The van der Waals surface area contributed by atoms with Crippen molar-refractivity contribution in [3.63, 3.8) is 0 Å². The van der Waals surface area contributed by atoms with Gasteiger partial charge in [-0.3, -0.25) is 4.79 Å². The maximum atomic E-state index is 12.6. The van der Waals surface area contributed by atoms with E-state index in [1.165, 1.54) is 25.0 Å². The van der Waals surface area contributed by atoms with Crippen LogP contribution in [-0.4, -0.2) is 41.4 Å². The molecular weight excluding hydrogens is 232 g/mol. The Bertz CT molecular complexity index is 315. The smallest absolute Gasteiger partial charge is 0.227 e. The summed E-state index contributed by atoms with van der Waals surface area (Å²) in [5.74, 6) is 3.98. The van der Waals surface area contributed by atoms with E-state index in [-0.39, 0.29) is 12.0 Å². The Morgan fingerprint density at radius 1 is 1.29 bits per heavy atom. The monoisotopic (exact) mass is 254 g/mol. The van der Waals surface area contributed by atoms with Gasteiger partial charge in [0, 0.05) is 24.9 Å². The predicted octanol–water partition coefficient (Wildman–Crippen LogP) is 1.32. The molecule has 1 aliphatic heterocycles. The molecule has 0 aromatic carbocycles. The second-order valence-corrected chi connectivity index (χ2v) is 7.05. The van der Waals surface area contributed by atoms with E-state index in [1.807, 2.05) is 23.7 Å². The van der Waals surface area contributed by atoms with Gasteiger partial charge in [0.05, 0.1) is 5.92 Å². The molecule has 17 heavy (non-hydrogen) atoms. The summed E-state index contributed by atoms with van der Waals surface area (Å²) in [7, 11) is 1.98. The van der Waals surface area contributed by atoms with Gasteiger partial charge in [-0.05, 0) is 43.3 Å². The highest BCUT2D eigenvalue weighted by Gasteiger charge is 2.50. The standard InChI is InChI=1S/C13H22N2OS/c1-15(10-4-5-17-7-10)13(16)11-8-2-3-9(6-8)12(11)14/h8-12H,2-7,14H2,1H3. The molecule has 3 nitrogen and oxygen atoms in total. The first kappa shape index (κ1) is 11.8. The molecule has 1 heterocycles. The summed E-state index contributed by atoms with van der Waals surface area (Å²) in [5, 5.41) is 0. The SMILES string of the molecule is CN(C(=O)C1C2CCC(C2)C1N)C1CCSC1. The van der Waals surface area contributed by atoms with Crippen LogP contribution in [0.15, 0.2) is 0 Å². The van der Waals surface area contributed by atoms with Gasteiger partial charge in [0.1, 0.15) is 0 Å². The Balaban J connectivity index is 1.69. The molecule has 2 saturated carbocycles. The van der Waals surface area contributed by atoms with Crippen LogP contribution in [0.3, 0.4) is 0 Å². The van der Waals surface area contributed by atoms with Crippen molar-refractivity contribution in [1.29, 1.82) is 0 Å². The van der Waals surface area contributed by atoms with Gasteiger partial charge in [-0.1, -0.05) is 0 Å². The third-order valence-corrected chi connectivity index (χ3v) is 6.21. The summed E-state index contributed by atoms with van der Waals surface area (Å²) in [4.78, 5) is 14.6. The number of nitrogens with two attached hydrogens (primary N) is 1. The van der Waals surface area contributed by atoms with E-state index in [0.717, 1.165) is 12.2 Å². The van der Waals surface area contributed by atoms with E-state index in [4.69, 9.17) is 5.73 Å². The lowest BCUT2D eigenvalue weighted by atomic mass is 9.84. The molecule has 2 aliphatic carbocycles. The molecule has 1 amide bonds. The second-order valence-electron chi connectivity index (χ2n) is 5.90. The fourth-order valence-corrected chi connectivity index (χ4v) is 5.21. The fraction of sp³-hybridized carbons (Fsp3) is 0.923. The second kappa shape index (κ2) is 4.47. The van der Waals surface area contributed by atoms with E-state index in [9.17, 15) is 4.79 Å². The molecular formula is C13H22N2OS. The fourth-order valence-electron chi connectivity index (χ4n) is 3.94. The predicted molar refractivity (Wildman–Crippen MR) is 70.8 cm³/mol. The summed E-state index contributed by atoms with van der Waals surface area (Å²) in [5.41, 5.74) is 6.25. The first-order valence-corrected chi connectivity index (χ1v) is 7.94. The normalized spacial score (nSPS) is 44.2. The van der Waals surface area contributed by atoms with Crippen molar-refractivity contribution in [3.8, 4) is 0 Å². The zero-order chi connectivity index (χ0) is 12.0. The number of rotatable bonds is 2. The van der Waals surface area contributed by atoms with Crippen molar-refractivity contribution < 1.29 is 4.79 Å². The van der Waals surface area contributed by atoms with Crippen LogP contribution in [-0.2, 0) is 4.79 Å². The molecule has 3 aliphatic rings. The highest BCUT2D eigenvalue weighted by molar-refractivity contribution is 7.99. The number of amides is 1. The Morgan fingerprint density at radius 3 is 2.65 bits per heavy atom. The van der Waals surface area contributed by atoms with Gasteiger partial charge in [0.25, 0.3) is 0 Å². The molecule has 2 bridgehead atoms. The highest BCUT2D eigenvalue weighted by Crippen LogP contribution is 2.48. The topological polar surface area (TPSA) is 46.3 Å². The molecule has 2 N–H and O–H groups in total. The Kier molecular flexibility index (Phi) is 3.11. The lowest BCUT2D eigenvalue weighted by molar-refractivity contribution is -0.138. The molecule has 3 rings (SSSR count). The number of hydrogen-bond donors (Lipinski definition) is 1. The van der Waals surface area contributed by atoms with Crippen LogP contribution in [0, 0.1) is 17.8 Å². The van der Waals surface area contributed by atoms with Crippen LogP contribution >= 0.6 is 11.8 Å². The van der Waals surface area contributed by atoms with E-state index in [2.05, 4.69) is 0 Å². The molecule has 5 atom stereocenters. The van der Waals surface area contributed by atoms with Crippen LogP contribution in [0.25, 0.3) is 0 Å². The Hall–Kier alpha value is -0.220. The van der Waals surface area contributed by atoms with E-state index in [1.54, 1.807) is 0 Å². The molecule has 0 aromatic rings. The van der Waals surface area contributed by atoms with Crippen LogP contribution in [0.1, 0.15) is 25.7 Å². The van der Waals surface area contributed by atoms with Crippen molar-refractivity contribution in [2.24, 2.45) is 23.5 Å². The minimum absolute atomic E-state index is 0.129. The average molecular weight is 254 g/mol. The summed E-state index contributed by atoms with van der Waals surface area (Å²) >= 11 is 1.96. The maximum Gasteiger partial charge on any atom is 0.227 e. The third kappa shape index (κ3) is 1.89. The van der Waals surface area contributed by atoms with E-state index >= 15 is 0 Å². The van der Waals surface area contributed by atoms with Crippen LogP contribution < -0.4 is 5.73 Å². The quantitative estimate of drug-likeness (QED) is 0.808.